The molecule has 0 radical (unpaired) electrons. The number of furan rings is 1. The Morgan fingerprint density at radius 3 is 2.54 bits per heavy atom. The molecule has 2 N–H and O–H groups in total. The minimum Gasteiger partial charge on any atom is -0.469 e. The second kappa shape index (κ2) is 9.11. The zero-order valence-corrected chi connectivity index (χ0v) is 16.5. The predicted molar refractivity (Wildman–Crippen MR) is 109 cm³/mol. The number of nitrogens with one attached hydrogen (secondary N) is 2. The van der Waals surface area contributed by atoms with E-state index in [-0.39, 0.29) is 29.4 Å². The van der Waals surface area contributed by atoms with Gasteiger partial charge in [-0.3, -0.25) is 4.99 Å². The minimum absolute atomic E-state index is 0. The molecule has 1 saturated carbocycles. The first-order valence-electron chi connectivity index (χ1n) is 8.42. The molecule has 0 atom stereocenters. The van der Waals surface area contributed by atoms with E-state index in [0.717, 1.165) is 37.8 Å². The van der Waals surface area contributed by atoms with Crippen molar-refractivity contribution in [2.75, 3.05) is 19.6 Å². The Bertz CT molecular complexity index is 621. The third-order valence-corrected chi connectivity index (χ3v) is 4.37. The number of rotatable bonds is 7. The van der Waals surface area contributed by atoms with Gasteiger partial charge in [0.2, 0.25) is 0 Å². The van der Waals surface area contributed by atoms with Crippen molar-refractivity contribution in [1.29, 1.82) is 0 Å². The largest absolute Gasteiger partial charge is 0.469 e. The molecule has 0 spiro atoms. The van der Waals surface area contributed by atoms with E-state index in [4.69, 9.17) is 9.41 Å². The maximum atomic E-state index is 5.36. The molecular formula is C19H26IN3O. The van der Waals surface area contributed by atoms with Gasteiger partial charge in [0.25, 0.3) is 0 Å². The maximum Gasteiger partial charge on any atom is 0.191 e. The molecule has 1 fully saturated rings. The number of hydrogen-bond donors (Lipinski definition) is 2. The highest BCUT2D eigenvalue weighted by molar-refractivity contribution is 14.0. The predicted octanol–water partition coefficient (Wildman–Crippen LogP) is 3.73. The first kappa shape index (κ1) is 18.8. The summed E-state index contributed by atoms with van der Waals surface area (Å²) in [6.07, 6.45) is 5.03. The van der Waals surface area contributed by atoms with Crippen molar-refractivity contribution in [3.63, 3.8) is 0 Å². The van der Waals surface area contributed by atoms with Crippen LogP contribution in [-0.2, 0) is 11.8 Å². The highest BCUT2D eigenvalue weighted by atomic mass is 127. The van der Waals surface area contributed by atoms with Crippen LogP contribution in [0.3, 0.4) is 0 Å². The van der Waals surface area contributed by atoms with Gasteiger partial charge >= 0.3 is 0 Å². The molecular weight excluding hydrogens is 413 g/mol. The number of benzene rings is 1. The zero-order chi connectivity index (χ0) is 16.0. The van der Waals surface area contributed by atoms with Gasteiger partial charge in [-0.25, -0.2) is 0 Å². The summed E-state index contributed by atoms with van der Waals surface area (Å²) in [4.78, 5) is 4.81. The fourth-order valence-electron chi connectivity index (χ4n) is 2.81. The fraction of sp³-hybridized carbons (Fsp3) is 0.421. The Balaban J connectivity index is 0.00000208. The van der Waals surface area contributed by atoms with Crippen LogP contribution in [0.4, 0.5) is 0 Å². The van der Waals surface area contributed by atoms with Crippen molar-refractivity contribution >= 4 is 29.9 Å². The third kappa shape index (κ3) is 5.00. The van der Waals surface area contributed by atoms with Crippen LogP contribution in [0.25, 0.3) is 0 Å². The van der Waals surface area contributed by atoms with Gasteiger partial charge in [0, 0.05) is 24.9 Å². The molecule has 1 aromatic heterocycles. The van der Waals surface area contributed by atoms with Crippen molar-refractivity contribution in [2.45, 2.75) is 31.6 Å². The lowest BCUT2D eigenvalue weighted by molar-refractivity contribution is 0.506. The molecule has 1 aliphatic rings. The number of hydrogen-bond acceptors (Lipinski definition) is 2. The van der Waals surface area contributed by atoms with E-state index in [0.29, 0.717) is 0 Å². The van der Waals surface area contributed by atoms with Crippen LogP contribution >= 0.6 is 24.0 Å². The molecule has 0 amide bonds. The normalized spacial score (nSPS) is 15.5. The lowest BCUT2D eigenvalue weighted by atomic mass is 9.96. The first-order valence-corrected chi connectivity index (χ1v) is 8.42. The van der Waals surface area contributed by atoms with Crippen molar-refractivity contribution in [1.82, 2.24) is 10.6 Å². The molecule has 4 nitrogen and oxygen atoms in total. The van der Waals surface area contributed by atoms with Gasteiger partial charge in [-0.2, -0.15) is 0 Å². The van der Waals surface area contributed by atoms with Gasteiger partial charge in [0.15, 0.2) is 5.96 Å². The van der Waals surface area contributed by atoms with Crippen molar-refractivity contribution < 1.29 is 4.42 Å². The van der Waals surface area contributed by atoms with Crippen LogP contribution < -0.4 is 10.6 Å². The number of nitrogens with zero attached hydrogens (tertiary/aromatic N) is 1. The number of aliphatic imine (C=N–C) groups is 1. The zero-order valence-electron chi connectivity index (χ0n) is 14.1. The number of guanidine groups is 1. The van der Waals surface area contributed by atoms with E-state index < -0.39 is 0 Å². The van der Waals surface area contributed by atoms with Crippen molar-refractivity contribution in [2.24, 2.45) is 4.99 Å². The number of halogens is 1. The highest BCUT2D eigenvalue weighted by Crippen LogP contribution is 2.48. The molecule has 24 heavy (non-hydrogen) atoms. The SMILES string of the molecule is CCNC(=NCC1(c2ccccc2)CC1)NCCc1ccco1.I. The van der Waals surface area contributed by atoms with Gasteiger partial charge < -0.3 is 15.1 Å². The second-order valence-electron chi connectivity index (χ2n) is 6.10. The Kier molecular flexibility index (Phi) is 7.15. The Hall–Kier alpha value is -1.50. The van der Waals surface area contributed by atoms with Gasteiger partial charge in [0.1, 0.15) is 5.76 Å². The van der Waals surface area contributed by atoms with Crippen molar-refractivity contribution in [3.8, 4) is 0 Å². The van der Waals surface area contributed by atoms with E-state index in [9.17, 15) is 0 Å². The fourth-order valence-corrected chi connectivity index (χ4v) is 2.81. The van der Waals surface area contributed by atoms with E-state index in [1.54, 1.807) is 6.26 Å². The van der Waals surface area contributed by atoms with Gasteiger partial charge in [-0.05, 0) is 37.5 Å². The third-order valence-electron chi connectivity index (χ3n) is 4.37. The lowest BCUT2D eigenvalue weighted by Gasteiger charge is -2.15. The van der Waals surface area contributed by atoms with Gasteiger partial charge in [-0.15, -0.1) is 24.0 Å². The average Bonchev–Trinajstić information content (AvgIpc) is 3.21. The Morgan fingerprint density at radius 2 is 1.92 bits per heavy atom. The van der Waals surface area contributed by atoms with Crippen LogP contribution in [0, 0.1) is 0 Å². The molecule has 1 aliphatic carbocycles. The maximum absolute atomic E-state index is 5.36. The molecule has 1 heterocycles. The van der Waals surface area contributed by atoms with E-state index >= 15 is 0 Å². The average molecular weight is 439 g/mol. The molecule has 5 heteroatoms. The molecule has 2 aromatic rings. The van der Waals surface area contributed by atoms with Crippen LogP contribution in [0.5, 0.6) is 0 Å². The van der Waals surface area contributed by atoms with Gasteiger partial charge in [0.05, 0.1) is 12.8 Å². The second-order valence-corrected chi connectivity index (χ2v) is 6.10. The van der Waals surface area contributed by atoms with Crippen LogP contribution in [0.1, 0.15) is 31.1 Å². The molecule has 0 unspecified atom stereocenters. The summed E-state index contributed by atoms with van der Waals surface area (Å²) in [7, 11) is 0. The topological polar surface area (TPSA) is 49.6 Å². The van der Waals surface area contributed by atoms with Crippen LogP contribution in [-0.4, -0.2) is 25.6 Å². The smallest absolute Gasteiger partial charge is 0.191 e. The molecule has 1 aromatic carbocycles. The summed E-state index contributed by atoms with van der Waals surface area (Å²) < 4.78 is 5.36. The first-order chi connectivity index (χ1) is 11.3. The quantitative estimate of drug-likeness (QED) is 0.393. The molecule has 3 rings (SSSR count). The molecule has 0 bridgehead atoms. The van der Waals surface area contributed by atoms with Crippen molar-refractivity contribution in [3.05, 3.63) is 60.1 Å². The summed E-state index contributed by atoms with van der Waals surface area (Å²) in [6.45, 7) is 4.61. The Labute approximate surface area is 161 Å². The highest BCUT2D eigenvalue weighted by Gasteiger charge is 2.43. The van der Waals surface area contributed by atoms with Crippen LogP contribution in [0.15, 0.2) is 58.1 Å². The summed E-state index contributed by atoms with van der Waals surface area (Å²) in [5.74, 6) is 1.89. The van der Waals surface area contributed by atoms with E-state index in [2.05, 4.69) is 47.9 Å². The summed E-state index contributed by atoms with van der Waals surface area (Å²) in [5.41, 5.74) is 1.67. The standard InChI is InChI=1S/C19H25N3O.HI/c1-2-20-18(21-13-10-17-9-6-14-23-17)22-15-19(11-12-19)16-7-4-3-5-8-16;/h3-9,14H,2,10-13,15H2,1H3,(H2,20,21,22);1H. The molecule has 0 aliphatic heterocycles. The summed E-state index contributed by atoms with van der Waals surface area (Å²) in [6, 6.07) is 14.7. The molecule has 130 valence electrons. The van der Waals surface area contributed by atoms with Crippen LogP contribution in [0.2, 0.25) is 0 Å². The van der Waals surface area contributed by atoms with Gasteiger partial charge in [-0.1, -0.05) is 30.3 Å². The monoisotopic (exact) mass is 439 g/mol. The lowest BCUT2D eigenvalue weighted by Crippen LogP contribution is -2.39. The Morgan fingerprint density at radius 1 is 1.12 bits per heavy atom. The van der Waals surface area contributed by atoms with E-state index in [1.165, 1.54) is 18.4 Å². The summed E-state index contributed by atoms with van der Waals surface area (Å²) in [5, 5.41) is 6.71. The van der Waals surface area contributed by atoms with E-state index in [1.807, 2.05) is 12.1 Å². The minimum atomic E-state index is 0. The summed E-state index contributed by atoms with van der Waals surface area (Å²) >= 11 is 0. The molecule has 0 saturated heterocycles.